The maximum absolute atomic E-state index is 6.23. The van der Waals surface area contributed by atoms with E-state index in [0.29, 0.717) is 5.11 Å². The van der Waals surface area contributed by atoms with Crippen LogP contribution in [0.25, 0.3) is 0 Å². The fraction of sp³-hybridized carbons (Fsp3) is 0.350. The maximum Gasteiger partial charge on any atom is 0.167 e. The van der Waals surface area contributed by atoms with Crippen LogP contribution >= 0.6 is 12.2 Å². The van der Waals surface area contributed by atoms with Gasteiger partial charge in [-0.05, 0) is 36.2 Å². The fourth-order valence-corrected chi connectivity index (χ4v) is 3.60. The van der Waals surface area contributed by atoms with Crippen molar-refractivity contribution in [1.82, 2.24) is 10.6 Å². The molecule has 2 aromatic rings. The first-order valence-corrected chi connectivity index (χ1v) is 9.07. The smallest absolute Gasteiger partial charge is 0.167 e. The van der Waals surface area contributed by atoms with Crippen molar-refractivity contribution in [2.45, 2.75) is 43.8 Å². The third-order valence-electron chi connectivity index (χ3n) is 4.68. The van der Waals surface area contributed by atoms with E-state index in [1.807, 2.05) is 12.1 Å². The Balaban J connectivity index is 1.73. The van der Waals surface area contributed by atoms with Gasteiger partial charge in [-0.1, -0.05) is 73.5 Å². The highest BCUT2D eigenvalue weighted by molar-refractivity contribution is 7.80. The van der Waals surface area contributed by atoms with Gasteiger partial charge in [0.15, 0.2) is 5.11 Å². The van der Waals surface area contributed by atoms with E-state index in [0.717, 1.165) is 12.8 Å². The molecule has 0 aliphatic heterocycles. The molecule has 0 amide bonds. The van der Waals surface area contributed by atoms with Crippen LogP contribution in [0.5, 0.6) is 0 Å². The molecule has 0 heterocycles. The van der Waals surface area contributed by atoms with E-state index in [2.05, 4.69) is 59.2 Å². The van der Waals surface area contributed by atoms with Crippen LogP contribution in [0.4, 0.5) is 0 Å². The summed E-state index contributed by atoms with van der Waals surface area (Å²) in [6.45, 7) is 0. The lowest BCUT2D eigenvalue weighted by atomic mass is 9.91. The molecule has 4 heteroatoms. The number of benzene rings is 2. The summed E-state index contributed by atoms with van der Waals surface area (Å²) in [7, 11) is 0. The average Bonchev–Trinajstić information content (AvgIpc) is 2.63. The number of hydrogen-bond acceptors (Lipinski definition) is 2. The number of nitrogens with one attached hydrogen (secondary N) is 2. The summed E-state index contributed by atoms with van der Waals surface area (Å²) in [6, 6.07) is 21.3. The number of nitrogens with two attached hydrogens (primary N) is 1. The van der Waals surface area contributed by atoms with E-state index in [1.54, 1.807) is 0 Å². The summed E-state index contributed by atoms with van der Waals surface area (Å²) in [6.07, 6.45) is 4.59. The van der Waals surface area contributed by atoms with Crippen LogP contribution < -0.4 is 16.4 Å². The monoisotopic (exact) mass is 339 g/mol. The van der Waals surface area contributed by atoms with Gasteiger partial charge in [0.25, 0.3) is 0 Å². The molecule has 0 unspecified atom stereocenters. The second kappa shape index (κ2) is 8.27. The Labute approximate surface area is 149 Å². The van der Waals surface area contributed by atoms with Crippen LogP contribution in [0.1, 0.15) is 42.9 Å². The molecule has 24 heavy (non-hydrogen) atoms. The number of rotatable bonds is 4. The van der Waals surface area contributed by atoms with Gasteiger partial charge in [-0.3, -0.25) is 0 Å². The third kappa shape index (κ3) is 4.34. The molecular weight excluding hydrogens is 314 g/mol. The Hall–Kier alpha value is -1.91. The highest BCUT2D eigenvalue weighted by Gasteiger charge is 2.23. The molecule has 3 nitrogen and oxygen atoms in total. The zero-order chi connectivity index (χ0) is 16.8. The Morgan fingerprint density at radius 2 is 1.46 bits per heavy atom. The second-order valence-electron chi connectivity index (χ2n) is 6.43. The summed E-state index contributed by atoms with van der Waals surface area (Å²) in [5.41, 5.74) is 8.62. The van der Waals surface area contributed by atoms with E-state index in [1.165, 1.54) is 24.0 Å². The minimum absolute atomic E-state index is 0.0345. The van der Waals surface area contributed by atoms with Crippen molar-refractivity contribution in [2.75, 3.05) is 0 Å². The van der Waals surface area contributed by atoms with Gasteiger partial charge < -0.3 is 16.4 Å². The van der Waals surface area contributed by atoms with Crippen LogP contribution in [-0.4, -0.2) is 17.2 Å². The number of hydrogen-bond donors (Lipinski definition) is 3. The Morgan fingerprint density at radius 3 is 2.00 bits per heavy atom. The normalized spacial score (nSPS) is 20.6. The molecule has 0 aromatic heterocycles. The molecule has 0 spiro atoms. The molecule has 1 saturated carbocycles. The third-order valence-corrected chi connectivity index (χ3v) is 4.91. The minimum atomic E-state index is 0.0345. The lowest BCUT2D eigenvalue weighted by molar-refractivity contribution is 0.359. The van der Waals surface area contributed by atoms with Crippen molar-refractivity contribution in [3.8, 4) is 0 Å². The molecule has 1 fully saturated rings. The minimum Gasteiger partial charge on any atom is -0.358 e. The molecule has 1 aliphatic rings. The molecule has 0 bridgehead atoms. The second-order valence-corrected chi connectivity index (χ2v) is 6.84. The van der Waals surface area contributed by atoms with Crippen LogP contribution in [-0.2, 0) is 0 Å². The Morgan fingerprint density at radius 1 is 0.917 bits per heavy atom. The predicted octanol–water partition coefficient (Wildman–Crippen LogP) is 3.51. The highest BCUT2D eigenvalue weighted by Crippen LogP contribution is 2.22. The van der Waals surface area contributed by atoms with Crippen LogP contribution in [0.2, 0.25) is 0 Å². The first-order valence-electron chi connectivity index (χ1n) is 8.66. The summed E-state index contributed by atoms with van der Waals surface area (Å²) in [4.78, 5) is 0. The van der Waals surface area contributed by atoms with Gasteiger partial charge in [0, 0.05) is 12.1 Å². The van der Waals surface area contributed by atoms with Crippen LogP contribution in [0, 0.1) is 0 Å². The van der Waals surface area contributed by atoms with E-state index >= 15 is 0 Å². The molecule has 0 radical (unpaired) electrons. The van der Waals surface area contributed by atoms with Gasteiger partial charge in [-0.15, -0.1) is 0 Å². The zero-order valence-corrected chi connectivity index (χ0v) is 14.6. The van der Waals surface area contributed by atoms with E-state index in [4.69, 9.17) is 18.0 Å². The summed E-state index contributed by atoms with van der Waals surface area (Å²) in [5, 5.41) is 7.59. The van der Waals surface area contributed by atoms with Crippen molar-refractivity contribution < 1.29 is 0 Å². The quantitative estimate of drug-likeness (QED) is 0.746. The first-order chi connectivity index (χ1) is 11.7. The standard InChI is InChI=1S/C20H25N3S/c21-17-13-7-8-14-18(17)22-20(24)23-19(15-9-3-1-4-10-15)16-11-5-2-6-12-16/h1-6,9-12,17-19H,7-8,13-14,21H2,(H2,22,23,24)/t17-,18-/m1/s1. The largest absolute Gasteiger partial charge is 0.358 e. The van der Waals surface area contributed by atoms with Gasteiger partial charge >= 0.3 is 0 Å². The lowest BCUT2D eigenvalue weighted by Gasteiger charge is -2.31. The van der Waals surface area contributed by atoms with E-state index in [9.17, 15) is 0 Å². The van der Waals surface area contributed by atoms with Crippen molar-refractivity contribution in [2.24, 2.45) is 5.73 Å². The molecule has 0 saturated heterocycles. The topological polar surface area (TPSA) is 50.1 Å². The molecular formula is C20H25N3S. The average molecular weight is 340 g/mol. The van der Waals surface area contributed by atoms with Crippen LogP contribution in [0.3, 0.4) is 0 Å². The van der Waals surface area contributed by atoms with Crippen molar-refractivity contribution in [3.05, 3.63) is 71.8 Å². The van der Waals surface area contributed by atoms with Gasteiger partial charge in [-0.2, -0.15) is 0 Å². The molecule has 4 N–H and O–H groups in total. The maximum atomic E-state index is 6.23. The number of thiocarbonyl (C=S) groups is 1. The van der Waals surface area contributed by atoms with Crippen molar-refractivity contribution in [1.29, 1.82) is 0 Å². The Kier molecular flexibility index (Phi) is 5.83. The van der Waals surface area contributed by atoms with Gasteiger partial charge in [-0.25, -0.2) is 0 Å². The first kappa shape index (κ1) is 16.9. The van der Waals surface area contributed by atoms with Gasteiger partial charge in [0.1, 0.15) is 0 Å². The summed E-state index contributed by atoms with van der Waals surface area (Å²) in [5.74, 6) is 0. The predicted molar refractivity (Wildman–Crippen MR) is 104 cm³/mol. The summed E-state index contributed by atoms with van der Waals surface area (Å²) >= 11 is 5.59. The fourth-order valence-electron chi connectivity index (χ4n) is 3.33. The van der Waals surface area contributed by atoms with Gasteiger partial charge in [0.05, 0.1) is 6.04 Å². The van der Waals surface area contributed by atoms with Crippen molar-refractivity contribution in [3.63, 3.8) is 0 Å². The molecule has 3 rings (SSSR count). The van der Waals surface area contributed by atoms with Gasteiger partial charge in [0.2, 0.25) is 0 Å². The SMILES string of the molecule is N[C@@H]1CCCC[C@H]1NC(=S)NC(c1ccccc1)c1ccccc1. The molecule has 2 atom stereocenters. The van der Waals surface area contributed by atoms with Crippen molar-refractivity contribution >= 4 is 17.3 Å². The summed E-state index contributed by atoms with van der Waals surface area (Å²) < 4.78 is 0. The van der Waals surface area contributed by atoms with E-state index < -0.39 is 0 Å². The molecule has 1 aliphatic carbocycles. The molecule has 126 valence electrons. The molecule has 2 aromatic carbocycles. The van der Waals surface area contributed by atoms with E-state index in [-0.39, 0.29) is 18.1 Å². The Bertz CT molecular complexity index is 605. The van der Waals surface area contributed by atoms with Crippen LogP contribution in [0.15, 0.2) is 60.7 Å². The zero-order valence-electron chi connectivity index (χ0n) is 13.8. The lowest BCUT2D eigenvalue weighted by Crippen LogP contribution is -2.52. The highest BCUT2D eigenvalue weighted by atomic mass is 32.1.